The van der Waals surface area contributed by atoms with E-state index in [2.05, 4.69) is 20.1 Å². The molecule has 28 heavy (non-hydrogen) atoms. The van der Waals surface area contributed by atoms with E-state index < -0.39 is 5.56 Å². The van der Waals surface area contributed by atoms with Crippen molar-refractivity contribution in [2.75, 3.05) is 26.2 Å². The summed E-state index contributed by atoms with van der Waals surface area (Å²) in [5, 5.41) is 8.19. The van der Waals surface area contributed by atoms with Crippen LogP contribution in [0.1, 0.15) is 57.4 Å². The molecule has 0 amide bonds. The van der Waals surface area contributed by atoms with Gasteiger partial charge >= 0.3 is 11.7 Å². The van der Waals surface area contributed by atoms with E-state index in [0.717, 1.165) is 56.3 Å². The summed E-state index contributed by atoms with van der Waals surface area (Å²) in [6.07, 6.45) is 8.69. The summed E-state index contributed by atoms with van der Waals surface area (Å²) in [7, 11) is 1.48. The van der Waals surface area contributed by atoms with E-state index in [9.17, 15) is 9.59 Å². The van der Waals surface area contributed by atoms with E-state index in [-0.39, 0.29) is 28.9 Å². The average molecular weight is 388 g/mol. The third-order valence-corrected chi connectivity index (χ3v) is 5.87. The van der Waals surface area contributed by atoms with E-state index in [0.29, 0.717) is 6.61 Å². The van der Waals surface area contributed by atoms with Crippen molar-refractivity contribution >= 4 is 11.2 Å². The van der Waals surface area contributed by atoms with Gasteiger partial charge in [-0.1, -0.05) is 24.4 Å². The number of hydrogen-bond donors (Lipinski definition) is 0. The molecule has 4 rings (SSSR count). The van der Waals surface area contributed by atoms with Gasteiger partial charge in [-0.25, -0.2) is 4.79 Å². The Morgan fingerprint density at radius 2 is 1.79 bits per heavy atom. The standard InChI is InChI=1S/C19H28N6O3/c1-23-17(26)15-16(25(19(23)27)14-8-3-4-9-14)21-22-18(20-15)28-13-7-12-24-10-5-2-6-11-24/h14H,2-13H2,1H3. The predicted molar refractivity (Wildman–Crippen MR) is 105 cm³/mol. The number of likely N-dealkylation sites (tertiary alicyclic amines) is 1. The van der Waals surface area contributed by atoms with Crippen LogP contribution < -0.4 is 16.0 Å². The number of ether oxygens (including phenoxy) is 1. The first-order chi connectivity index (χ1) is 13.6. The Morgan fingerprint density at radius 1 is 1.04 bits per heavy atom. The maximum atomic E-state index is 12.6. The molecule has 0 spiro atoms. The van der Waals surface area contributed by atoms with Crippen LogP contribution in [0.25, 0.3) is 11.2 Å². The minimum atomic E-state index is -0.456. The normalized spacial score (nSPS) is 18.8. The fraction of sp³-hybridized carbons (Fsp3) is 0.737. The zero-order chi connectivity index (χ0) is 19.5. The summed E-state index contributed by atoms with van der Waals surface area (Å²) in [5.74, 6) is 0. The van der Waals surface area contributed by atoms with Crippen LogP contribution in [-0.4, -0.2) is 55.5 Å². The molecule has 9 nitrogen and oxygen atoms in total. The van der Waals surface area contributed by atoms with Crippen molar-refractivity contribution in [1.29, 1.82) is 0 Å². The van der Waals surface area contributed by atoms with Gasteiger partial charge in [0.1, 0.15) is 0 Å². The first kappa shape index (κ1) is 19.0. The maximum Gasteiger partial charge on any atom is 0.336 e. The summed E-state index contributed by atoms with van der Waals surface area (Å²) in [6.45, 7) is 3.78. The molecule has 0 N–H and O–H groups in total. The maximum absolute atomic E-state index is 12.6. The number of hydrogen-bond acceptors (Lipinski definition) is 7. The molecule has 2 aliphatic rings. The van der Waals surface area contributed by atoms with Crippen molar-refractivity contribution in [3.05, 3.63) is 20.8 Å². The second kappa shape index (κ2) is 8.38. The Hall–Kier alpha value is -2.29. The molecule has 1 saturated heterocycles. The molecule has 0 unspecified atom stereocenters. The molecule has 0 radical (unpaired) electrons. The number of fused-ring (bicyclic) bond motifs is 1. The molecule has 1 aliphatic carbocycles. The van der Waals surface area contributed by atoms with Crippen LogP contribution in [0.4, 0.5) is 0 Å². The predicted octanol–water partition coefficient (Wildman–Crippen LogP) is 1.26. The van der Waals surface area contributed by atoms with Gasteiger partial charge in [0.25, 0.3) is 5.56 Å². The van der Waals surface area contributed by atoms with Crippen molar-refractivity contribution in [3.63, 3.8) is 0 Å². The highest BCUT2D eigenvalue weighted by Crippen LogP contribution is 2.29. The molecule has 9 heteroatoms. The largest absolute Gasteiger partial charge is 0.462 e. The lowest BCUT2D eigenvalue weighted by Gasteiger charge is -2.26. The molecular weight excluding hydrogens is 360 g/mol. The summed E-state index contributed by atoms with van der Waals surface area (Å²) < 4.78 is 8.34. The van der Waals surface area contributed by atoms with Gasteiger partial charge in [-0.05, 0) is 45.2 Å². The van der Waals surface area contributed by atoms with Crippen LogP contribution in [0.5, 0.6) is 6.01 Å². The fourth-order valence-corrected chi connectivity index (χ4v) is 4.30. The highest BCUT2D eigenvalue weighted by Gasteiger charge is 2.24. The van der Waals surface area contributed by atoms with Crippen molar-refractivity contribution in [2.45, 2.75) is 57.4 Å². The van der Waals surface area contributed by atoms with Crippen LogP contribution in [0.3, 0.4) is 0 Å². The van der Waals surface area contributed by atoms with Crippen LogP contribution in [0.15, 0.2) is 9.59 Å². The fourth-order valence-electron chi connectivity index (χ4n) is 4.30. The monoisotopic (exact) mass is 388 g/mol. The van der Waals surface area contributed by atoms with E-state index in [1.54, 1.807) is 4.57 Å². The van der Waals surface area contributed by atoms with Gasteiger partial charge in [0.15, 0.2) is 11.2 Å². The number of nitrogens with zero attached hydrogens (tertiary/aromatic N) is 6. The Morgan fingerprint density at radius 3 is 2.54 bits per heavy atom. The van der Waals surface area contributed by atoms with Crippen molar-refractivity contribution < 1.29 is 4.74 Å². The highest BCUT2D eigenvalue weighted by molar-refractivity contribution is 5.68. The van der Waals surface area contributed by atoms with Gasteiger partial charge in [-0.15, -0.1) is 5.10 Å². The Bertz CT molecular complexity index is 941. The first-order valence-corrected chi connectivity index (χ1v) is 10.4. The lowest BCUT2D eigenvalue weighted by atomic mass is 10.1. The Kier molecular flexibility index (Phi) is 5.70. The molecule has 2 aromatic heterocycles. The second-order valence-corrected chi connectivity index (χ2v) is 7.83. The van der Waals surface area contributed by atoms with Gasteiger partial charge in [0.05, 0.1) is 6.61 Å². The van der Waals surface area contributed by atoms with Gasteiger partial charge in [0, 0.05) is 19.6 Å². The third-order valence-electron chi connectivity index (χ3n) is 5.87. The lowest BCUT2D eigenvalue weighted by molar-refractivity contribution is 0.200. The summed E-state index contributed by atoms with van der Waals surface area (Å²) in [5.41, 5.74) is -0.395. The quantitative estimate of drug-likeness (QED) is 0.687. The highest BCUT2D eigenvalue weighted by atomic mass is 16.5. The first-order valence-electron chi connectivity index (χ1n) is 10.4. The summed E-state index contributed by atoms with van der Waals surface area (Å²) in [6, 6.07) is 0.147. The molecule has 0 aromatic carbocycles. The van der Waals surface area contributed by atoms with Crippen molar-refractivity contribution in [2.24, 2.45) is 7.05 Å². The SMILES string of the molecule is Cn1c(=O)c2nc(OCCCN3CCCCC3)nnc2n(C2CCCC2)c1=O. The van der Waals surface area contributed by atoms with Crippen LogP contribution in [-0.2, 0) is 7.05 Å². The Balaban J connectivity index is 1.51. The smallest absolute Gasteiger partial charge is 0.336 e. The van der Waals surface area contributed by atoms with E-state index >= 15 is 0 Å². The number of piperidine rings is 1. The zero-order valence-corrected chi connectivity index (χ0v) is 16.5. The molecule has 0 atom stereocenters. The summed E-state index contributed by atoms with van der Waals surface area (Å²) >= 11 is 0. The third kappa shape index (κ3) is 3.80. The van der Waals surface area contributed by atoms with Gasteiger partial charge in [0.2, 0.25) is 0 Å². The average Bonchev–Trinajstić information content (AvgIpc) is 3.25. The van der Waals surface area contributed by atoms with Gasteiger partial charge in [-0.2, -0.15) is 4.98 Å². The van der Waals surface area contributed by atoms with Gasteiger partial charge in [-0.3, -0.25) is 13.9 Å². The van der Waals surface area contributed by atoms with E-state index in [1.807, 2.05) is 0 Å². The molecule has 1 saturated carbocycles. The van der Waals surface area contributed by atoms with E-state index in [4.69, 9.17) is 4.74 Å². The minimum absolute atomic E-state index is 0.0502. The molecule has 152 valence electrons. The van der Waals surface area contributed by atoms with E-state index in [1.165, 1.54) is 26.3 Å². The topological polar surface area (TPSA) is 95.1 Å². The number of rotatable bonds is 6. The minimum Gasteiger partial charge on any atom is -0.462 e. The van der Waals surface area contributed by atoms with Crippen molar-refractivity contribution in [3.8, 4) is 6.01 Å². The number of aromatic nitrogens is 5. The molecule has 0 bridgehead atoms. The van der Waals surface area contributed by atoms with Crippen LogP contribution >= 0.6 is 0 Å². The van der Waals surface area contributed by atoms with Crippen molar-refractivity contribution in [1.82, 2.24) is 29.2 Å². The Labute approximate surface area is 163 Å². The second-order valence-electron chi connectivity index (χ2n) is 7.83. The molecular formula is C19H28N6O3. The summed E-state index contributed by atoms with van der Waals surface area (Å²) in [4.78, 5) is 31.9. The molecule has 2 fully saturated rings. The molecule has 1 aliphatic heterocycles. The lowest BCUT2D eigenvalue weighted by Crippen LogP contribution is -2.40. The zero-order valence-electron chi connectivity index (χ0n) is 16.5. The van der Waals surface area contributed by atoms with Gasteiger partial charge < -0.3 is 9.64 Å². The van der Waals surface area contributed by atoms with Crippen LogP contribution in [0.2, 0.25) is 0 Å². The molecule has 2 aromatic rings. The van der Waals surface area contributed by atoms with Crippen LogP contribution in [0, 0.1) is 0 Å². The molecule has 3 heterocycles.